The van der Waals surface area contributed by atoms with Gasteiger partial charge in [0.2, 0.25) is 11.9 Å². The summed E-state index contributed by atoms with van der Waals surface area (Å²) in [5.74, 6) is 3.11. The summed E-state index contributed by atoms with van der Waals surface area (Å²) in [5, 5.41) is 6.28. The SMILES string of the molecule is Cc1cc(Nc2ccc(Oc3ccccc3)cc2)nc(Nc2ncccn2)n1. The Hall–Kier alpha value is -4.00. The fourth-order valence-electron chi connectivity index (χ4n) is 2.53. The number of aromatic nitrogens is 4. The van der Waals surface area contributed by atoms with E-state index in [1.165, 1.54) is 0 Å². The minimum Gasteiger partial charge on any atom is -0.457 e. The van der Waals surface area contributed by atoms with Crippen LogP contribution in [0.3, 0.4) is 0 Å². The lowest BCUT2D eigenvalue weighted by molar-refractivity contribution is 0.483. The first kappa shape index (κ1) is 17.4. The molecule has 0 saturated heterocycles. The highest BCUT2D eigenvalue weighted by Gasteiger charge is 2.05. The number of ether oxygens (including phenoxy) is 1. The Morgan fingerprint density at radius 1 is 0.714 bits per heavy atom. The van der Waals surface area contributed by atoms with E-state index >= 15 is 0 Å². The molecule has 2 aromatic heterocycles. The van der Waals surface area contributed by atoms with E-state index in [9.17, 15) is 0 Å². The second kappa shape index (κ2) is 8.13. The normalized spacial score (nSPS) is 10.3. The number of anilines is 4. The molecule has 7 heteroatoms. The van der Waals surface area contributed by atoms with Crippen LogP contribution < -0.4 is 15.4 Å². The number of rotatable bonds is 6. The van der Waals surface area contributed by atoms with Crippen LogP contribution in [-0.2, 0) is 0 Å². The summed E-state index contributed by atoms with van der Waals surface area (Å²) in [6, 6.07) is 21.0. The van der Waals surface area contributed by atoms with Crippen molar-refractivity contribution < 1.29 is 4.74 Å². The second-order valence-corrected chi connectivity index (χ2v) is 5.98. The first-order valence-corrected chi connectivity index (χ1v) is 8.74. The van der Waals surface area contributed by atoms with Crippen molar-refractivity contribution >= 4 is 23.4 Å². The van der Waals surface area contributed by atoms with Gasteiger partial charge in [-0.15, -0.1) is 0 Å². The van der Waals surface area contributed by atoms with Crippen molar-refractivity contribution in [3.63, 3.8) is 0 Å². The third kappa shape index (κ3) is 4.59. The number of hydrogen-bond donors (Lipinski definition) is 2. The maximum atomic E-state index is 5.81. The summed E-state index contributed by atoms with van der Waals surface area (Å²) in [6.45, 7) is 1.90. The van der Waals surface area contributed by atoms with E-state index in [-0.39, 0.29) is 0 Å². The average molecular weight is 370 g/mol. The van der Waals surface area contributed by atoms with E-state index in [0.29, 0.717) is 17.7 Å². The van der Waals surface area contributed by atoms with Gasteiger partial charge in [0, 0.05) is 29.8 Å². The maximum Gasteiger partial charge on any atom is 0.231 e. The molecule has 4 aromatic rings. The molecule has 4 rings (SSSR count). The molecule has 0 saturated carbocycles. The predicted molar refractivity (Wildman–Crippen MR) is 108 cm³/mol. The smallest absolute Gasteiger partial charge is 0.231 e. The van der Waals surface area contributed by atoms with Crippen LogP contribution in [0.1, 0.15) is 5.69 Å². The van der Waals surface area contributed by atoms with Crippen LogP contribution in [0.4, 0.5) is 23.4 Å². The lowest BCUT2D eigenvalue weighted by Crippen LogP contribution is -2.04. The van der Waals surface area contributed by atoms with Crippen LogP contribution in [0, 0.1) is 6.92 Å². The van der Waals surface area contributed by atoms with E-state index in [1.807, 2.05) is 67.6 Å². The molecule has 0 bridgehead atoms. The van der Waals surface area contributed by atoms with Crippen LogP contribution in [0.15, 0.2) is 79.1 Å². The monoisotopic (exact) mass is 370 g/mol. The van der Waals surface area contributed by atoms with Gasteiger partial charge in [-0.25, -0.2) is 15.0 Å². The highest BCUT2D eigenvalue weighted by molar-refractivity contribution is 5.59. The minimum atomic E-state index is 0.428. The van der Waals surface area contributed by atoms with Crippen LogP contribution in [0.25, 0.3) is 0 Å². The summed E-state index contributed by atoms with van der Waals surface area (Å²) in [4.78, 5) is 17.1. The largest absolute Gasteiger partial charge is 0.457 e. The molecule has 2 heterocycles. The van der Waals surface area contributed by atoms with Crippen LogP contribution in [0.5, 0.6) is 11.5 Å². The van der Waals surface area contributed by atoms with Gasteiger partial charge in [-0.1, -0.05) is 18.2 Å². The Labute approximate surface area is 162 Å². The fraction of sp³-hybridized carbons (Fsp3) is 0.0476. The highest BCUT2D eigenvalue weighted by Crippen LogP contribution is 2.24. The molecule has 138 valence electrons. The fourth-order valence-corrected chi connectivity index (χ4v) is 2.53. The molecule has 7 nitrogen and oxygen atoms in total. The molecule has 2 aromatic carbocycles. The molecule has 0 aliphatic heterocycles. The zero-order valence-electron chi connectivity index (χ0n) is 15.2. The molecule has 0 unspecified atom stereocenters. The molecule has 28 heavy (non-hydrogen) atoms. The lowest BCUT2D eigenvalue weighted by Gasteiger charge is -2.10. The summed E-state index contributed by atoms with van der Waals surface area (Å²) >= 11 is 0. The minimum absolute atomic E-state index is 0.428. The Bertz CT molecular complexity index is 1040. The van der Waals surface area contributed by atoms with E-state index < -0.39 is 0 Å². The molecule has 0 spiro atoms. The summed E-state index contributed by atoms with van der Waals surface area (Å²) in [6.07, 6.45) is 3.31. The highest BCUT2D eigenvalue weighted by atomic mass is 16.5. The van der Waals surface area contributed by atoms with Gasteiger partial charge in [-0.05, 0) is 49.4 Å². The number of benzene rings is 2. The summed E-state index contributed by atoms with van der Waals surface area (Å²) < 4.78 is 5.81. The van der Waals surface area contributed by atoms with E-state index in [0.717, 1.165) is 22.9 Å². The van der Waals surface area contributed by atoms with E-state index in [4.69, 9.17) is 4.74 Å². The quantitative estimate of drug-likeness (QED) is 0.501. The molecule has 0 aliphatic rings. The third-order valence-electron chi connectivity index (χ3n) is 3.75. The van der Waals surface area contributed by atoms with Crippen LogP contribution in [0.2, 0.25) is 0 Å². The Kier molecular flexibility index (Phi) is 5.06. The maximum absolute atomic E-state index is 5.81. The van der Waals surface area contributed by atoms with Crippen molar-refractivity contribution in [3.8, 4) is 11.5 Å². The first-order valence-electron chi connectivity index (χ1n) is 8.74. The molecular formula is C21H18N6O. The van der Waals surface area contributed by atoms with Crippen molar-refractivity contribution in [1.29, 1.82) is 0 Å². The molecule has 0 aliphatic carbocycles. The molecule has 0 amide bonds. The van der Waals surface area contributed by atoms with Crippen molar-refractivity contribution in [2.75, 3.05) is 10.6 Å². The topological polar surface area (TPSA) is 84.9 Å². The number of para-hydroxylation sites is 1. The van der Waals surface area contributed by atoms with Gasteiger partial charge in [-0.2, -0.15) is 4.98 Å². The van der Waals surface area contributed by atoms with Gasteiger partial charge in [-0.3, -0.25) is 5.32 Å². The van der Waals surface area contributed by atoms with Gasteiger partial charge in [0.05, 0.1) is 0 Å². The Morgan fingerprint density at radius 2 is 1.43 bits per heavy atom. The summed E-state index contributed by atoms with van der Waals surface area (Å²) in [5.41, 5.74) is 1.71. The number of nitrogens with zero attached hydrogens (tertiary/aromatic N) is 4. The van der Waals surface area contributed by atoms with Crippen molar-refractivity contribution in [3.05, 3.63) is 84.8 Å². The Morgan fingerprint density at radius 3 is 2.18 bits per heavy atom. The molecule has 0 radical (unpaired) electrons. The third-order valence-corrected chi connectivity index (χ3v) is 3.75. The lowest BCUT2D eigenvalue weighted by atomic mass is 10.3. The van der Waals surface area contributed by atoms with Gasteiger partial charge >= 0.3 is 0 Å². The zero-order valence-corrected chi connectivity index (χ0v) is 15.2. The molecular weight excluding hydrogens is 352 g/mol. The van der Waals surface area contributed by atoms with Crippen molar-refractivity contribution in [2.24, 2.45) is 0 Å². The average Bonchev–Trinajstić information content (AvgIpc) is 2.71. The van der Waals surface area contributed by atoms with Gasteiger partial charge < -0.3 is 10.1 Å². The molecule has 0 fully saturated rings. The standard InChI is InChI=1S/C21H18N6O/c1-15-14-19(26-21(24-15)27-20-22-12-5-13-23-20)25-16-8-10-18(11-9-16)28-17-6-3-2-4-7-17/h2-14H,1H3,(H2,22,23,24,25,26,27). The van der Waals surface area contributed by atoms with Crippen LogP contribution >= 0.6 is 0 Å². The van der Waals surface area contributed by atoms with E-state index in [1.54, 1.807) is 18.5 Å². The zero-order chi connectivity index (χ0) is 19.2. The van der Waals surface area contributed by atoms with Gasteiger partial charge in [0.25, 0.3) is 0 Å². The van der Waals surface area contributed by atoms with Crippen molar-refractivity contribution in [2.45, 2.75) is 6.92 Å². The first-order chi connectivity index (χ1) is 13.7. The second-order valence-electron chi connectivity index (χ2n) is 5.98. The summed E-state index contributed by atoms with van der Waals surface area (Å²) in [7, 11) is 0. The number of nitrogens with one attached hydrogen (secondary N) is 2. The van der Waals surface area contributed by atoms with Crippen LogP contribution in [-0.4, -0.2) is 19.9 Å². The predicted octanol–water partition coefficient (Wildman–Crippen LogP) is 4.85. The number of hydrogen-bond acceptors (Lipinski definition) is 7. The van der Waals surface area contributed by atoms with Gasteiger partial charge in [0.15, 0.2) is 0 Å². The molecule has 2 N–H and O–H groups in total. The van der Waals surface area contributed by atoms with Crippen molar-refractivity contribution in [1.82, 2.24) is 19.9 Å². The van der Waals surface area contributed by atoms with E-state index in [2.05, 4.69) is 30.6 Å². The Balaban J connectivity index is 1.46. The van der Waals surface area contributed by atoms with Gasteiger partial charge in [0.1, 0.15) is 17.3 Å². The molecule has 0 atom stereocenters. The number of aryl methyl sites for hydroxylation is 1.